The standard InChI is InChI=1S/C19H30N2O3/c1-12-10-17(23-5)18(24-6)11-16(12)20-15(4)19(22)21-13(2)8-7-9-14(21)3/h10-11,13-15,20H,7-9H2,1-6H3/t13-,14+,15-/m0/s1. The van der Waals surface area contributed by atoms with Crippen LogP contribution >= 0.6 is 0 Å². The van der Waals surface area contributed by atoms with Gasteiger partial charge in [-0.05, 0) is 58.6 Å². The summed E-state index contributed by atoms with van der Waals surface area (Å²) in [7, 11) is 3.23. The second-order valence-electron chi connectivity index (χ2n) is 6.76. The molecule has 134 valence electrons. The number of nitrogens with zero attached hydrogens (tertiary/aromatic N) is 1. The number of benzene rings is 1. The molecule has 0 saturated carbocycles. The van der Waals surface area contributed by atoms with E-state index in [0.717, 1.165) is 24.1 Å². The Labute approximate surface area is 145 Å². The van der Waals surface area contributed by atoms with Gasteiger partial charge in [-0.2, -0.15) is 0 Å². The summed E-state index contributed by atoms with van der Waals surface area (Å²) in [5, 5.41) is 3.35. The minimum atomic E-state index is -0.287. The normalized spacial score (nSPS) is 22.0. The van der Waals surface area contributed by atoms with E-state index in [2.05, 4.69) is 19.2 Å². The third kappa shape index (κ3) is 3.77. The van der Waals surface area contributed by atoms with Crippen LogP contribution in [0.4, 0.5) is 5.69 Å². The maximum absolute atomic E-state index is 12.9. The first-order valence-corrected chi connectivity index (χ1v) is 8.70. The van der Waals surface area contributed by atoms with Gasteiger partial charge in [0.05, 0.1) is 14.2 Å². The minimum Gasteiger partial charge on any atom is -0.493 e. The van der Waals surface area contributed by atoms with E-state index in [-0.39, 0.29) is 11.9 Å². The molecule has 0 aromatic heterocycles. The van der Waals surface area contributed by atoms with E-state index < -0.39 is 0 Å². The number of anilines is 1. The monoisotopic (exact) mass is 334 g/mol. The Balaban J connectivity index is 2.16. The molecule has 0 bridgehead atoms. The summed E-state index contributed by atoms with van der Waals surface area (Å²) in [4.78, 5) is 15.0. The second-order valence-corrected chi connectivity index (χ2v) is 6.76. The average Bonchev–Trinajstić information content (AvgIpc) is 2.55. The van der Waals surface area contributed by atoms with E-state index >= 15 is 0 Å². The number of ether oxygens (including phenoxy) is 2. The Kier molecular flexibility index (Phi) is 5.97. The number of methoxy groups -OCH3 is 2. The van der Waals surface area contributed by atoms with E-state index in [1.807, 2.05) is 30.9 Å². The van der Waals surface area contributed by atoms with Crippen molar-refractivity contribution in [2.24, 2.45) is 0 Å². The highest BCUT2D eigenvalue weighted by molar-refractivity contribution is 5.85. The van der Waals surface area contributed by atoms with Crippen molar-refractivity contribution in [3.8, 4) is 11.5 Å². The van der Waals surface area contributed by atoms with Gasteiger partial charge < -0.3 is 19.7 Å². The number of likely N-dealkylation sites (tertiary alicyclic amines) is 1. The molecule has 0 radical (unpaired) electrons. The lowest BCUT2D eigenvalue weighted by Crippen LogP contribution is -2.52. The number of amides is 1. The largest absolute Gasteiger partial charge is 0.493 e. The number of piperidine rings is 1. The van der Waals surface area contributed by atoms with Crippen LogP contribution in [0.5, 0.6) is 11.5 Å². The lowest BCUT2D eigenvalue weighted by atomic mass is 9.96. The molecule has 1 N–H and O–H groups in total. The van der Waals surface area contributed by atoms with Crippen LogP contribution in [-0.4, -0.2) is 43.2 Å². The fraction of sp³-hybridized carbons (Fsp3) is 0.632. The SMILES string of the molecule is COc1cc(C)c(N[C@@H](C)C(=O)N2[C@H](C)CCC[C@@H]2C)cc1OC. The summed E-state index contributed by atoms with van der Waals surface area (Å²) in [6.07, 6.45) is 3.36. The van der Waals surface area contributed by atoms with Gasteiger partial charge in [-0.15, -0.1) is 0 Å². The number of hydrogen-bond acceptors (Lipinski definition) is 4. The van der Waals surface area contributed by atoms with Crippen LogP contribution in [0.3, 0.4) is 0 Å². The van der Waals surface area contributed by atoms with Crippen LogP contribution in [0.2, 0.25) is 0 Å². The predicted molar refractivity (Wildman–Crippen MR) is 97.0 cm³/mol. The van der Waals surface area contributed by atoms with Gasteiger partial charge in [0.15, 0.2) is 11.5 Å². The zero-order chi connectivity index (χ0) is 17.9. The first kappa shape index (κ1) is 18.4. The molecule has 3 atom stereocenters. The molecule has 1 saturated heterocycles. The molecule has 2 rings (SSSR count). The van der Waals surface area contributed by atoms with Gasteiger partial charge in [-0.3, -0.25) is 4.79 Å². The van der Waals surface area contributed by atoms with Gasteiger partial charge in [0.1, 0.15) is 6.04 Å². The third-order valence-corrected chi connectivity index (χ3v) is 4.92. The van der Waals surface area contributed by atoms with Crippen LogP contribution in [0.25, 0.3) is 0 Å². The van der Waals surface area contributed by atoms with Crippen LogP contribution in [0.15, 0.2) is 12.1 Å². The number of carbonyl (C=O) groups is 1. The average molecular weight is 334 g/mol. The highest BCUT2D eigenvalue weighted by atomic mass is 16.5. The van der Waals surface area contributed by atoms with E-state index in [0.29, 0.717) is 23.6 Å². The van der Waals surface area contributed by atoms with Crippen LogP contribution in [0, 0.1) is 6.92 Å². The van der Waals surface area contributed by atoms with Crippen molar-refractivity contribution in [3.63, 3.8) is 0 Å². The van der Waals surface area contributed by atoms with Crippen molar-refractivity contribution in [3.05, 3.63) is 17.7 Å². The van der Waals surface area contributed by atoms with Gasteiger partial charge in [-0.1, -0.05) is 0 Å². The van der Waals surface area contributed by atoms with Crippen molar-refractivity contribution >= 4 is 11.6 Å². The molecular formula is C19H30N2O3. The molecule has 0 aliphatic carbocycles. The van der Waals surface area contributed by atoms with Gasteiger partial charge in [-0.25, -0.2) is 0 Å². The van der Waals surface area contributed by atoms with Gasteiger partial charge in [0.2, 0.25) is 5.91 Å². The molecule has 5 nitrogen and oxygen atoms in total. The molecule has 0 unspecified atom stereocenters. The topological polar surface area (TPSA) is 50.8 Å². The Bertz CT molecular complexity index is 578. The number of carbonyl (C=O) groups excluding carboxylic acids is 1. The molecule has 1 aliphatic rings. The molecule has 1 heterocycles. The lowest BCUT2D eigenvalue weighted by molar-refractivity contribution is -0.137. The molecule has 0 spiro atoms. The zero-order valence-corrected chi connectivity index (χ0v) is 15.7. The maximum Gasteiger partial charge on any atom is 0.245 e. The van der Waals surface area contributed by atoms with Crippen molar-refractivity contribution < 1.29 is 14.3 Å². The van der Waals surface area contributed by atoms with Crippen molar-refractivity contribution in [2.45, 2.75) is 65.1 Å². The summed E-state index contributed by atoms with van der Waals surface area (Å²) in [5.41, 5.74) is 1.91. The highest BCUT2D eigenvalue weighted by Crippen LogP contribution is 2.33. The minimum absolute atomic E-state index is 0.156. The van der Waals surface area contributed by atoms with Crippen LogP contribution in [0.1, 0.15) is 45.6 Å². The fourth-order valence-corrected chi connectivity index (χ4v) is 3.51. The summed E-state index contributed by atoms with van der Waals surface area (Å²) < 4.78 is 10.7. The molecule has 1 aliphatic heterocycles. The second kappa shape index (κ2) is 7.77. The molecule has 1 aromatic carbocycles. The Morgan fingerprint density at radius 2 is 1.71 bits per heavy atom. The molecule has 24 heavy (non-hydrogen) atoms. The van der Waals surface area contributed by atoms with E-state index in [1.165, 1.54) is 6.42 Å². The third-order valence-electron chi connectivity index (χ3n) is 4.92. The number of hydrogen-bond donors (Lipinski definition) is 1. The Morgan fingerprint density at radius 3 is 2.25 bits per heavy atom. The summed E-state index contributed by atoms with van der Waals surface area (Å²) in [5.74, 6) is 1.51. The zero-order valence-electron chi connectivity index (χ0n) is 15.7. The lowest BCUT2D eigenvalue weighted by Gasteiger charge is -2.40. The van der Waals surface area contributed by atoms with Crippen molar-refractivity contribution in [1.29, 1.82) is 0 Å². The number of aryl methyl sites for hydroxylation is 1. The van der Waals surface area contributed by atoms with Gasteiger partial charge in [0, 0.05) is 23.8 Å². The Hall–Kier alpha value is -1.91. The maximum atomic E-state index is 12.9. The fourth-order valence-electron chi connectivity index (χ4n) is 3.51. The predicted octanol–water partition coefficient (Wildman–Crippen LogP) is 3.60. The first-order chi connectivity index (χ1) is 11.4. The molecule has 1 aromatic rings. The number of nitrogens with one attached hydrogen (secondary N) is 1. The van der Waals surface area contributed by atoms with E-state index in [4.69, 9.17) is 9.47 Å². The van der Waals surface area contributed by atoms with Crippen molar-refractivity contribution in [1.82, 2.24) is 4.90 Å². The smallest absolute Gasteiger partial charge is 0.245 e. The quantitative estimate of drug-likeness (QED) is 0.894. The molecule has 1 amide bonds. The Morgan fingerprint density at radius 1 is 1.17 bits per heavy atom. The van der Waals surface area contributed by atoms with Crippen LogP contribution < -0.4 is 14.8 Å². The van der Waals surface area contributed by atoms with Crippen LogP contribution in [-0.2, 0) is 4.79 Å². The molecule has 5 heteroatoms. The number of rotatable bonds is 5. The summed E-state index contributed by atoms with van der Waals surface area (Å²) in [6, 6.07) is 4.13. The highest BCUT2D eigenvalue weighted by Gasteiger charge is 2.31. The summed E-state index contributed by atoms with van der Waals surface area (Å²) in [6.45, 7) is 8.20. The van der Waals surface area contributed by atoms with Gasteiger partial charge in [0.25, 0.3) is 0 Å². The molecule has 1 fully saturated rings. The van der Waals surface area contributed by atoms with Crippen molar-refractivity contribution in [2.75, 3.05) is 19.5 Å². The molecular weight excluding hydrogens is 304 g/mol. The van der Waals surface area contributed by atoms with E-state index in [9.17, 15) is 4.79 Å². The van der Waals surface area contributed by atoms with Gasteiger partial charge >= 0.3 is 0 Å². The summed E-state index contributed by atoms with van der Waals surface area (Å²) >= 11 is 0. The van der Waals surface area contributed by atoms with E-state index in [1.54, 1.807) is 14.2 Å². The first-order valence-electron chi connectivity index (χ1n) is 8.70.